The minimum absolute atomic E-state index is 0.592. The number of anilines is 2. The summed E-state index contributed by atoms with van der Waals surface area (Å²) < 4.78 is 0. The molecule has 1 aromatic heterocycles. The minimum atomic E-state index is 0.592. The Bertz CT molecular complexity index is 352. The lowest BCUT2D eigenvalue weighted by Crippen LogP contribution is -2.17. The van der Waals surface area contributed by atoms with Crippen LogP contribution in [0.1, 0.15) is 12.2 Å². The van der Waals surface area contributed by atoms with Crippen LogP contribution < -0.4 is 16.4 Å². The molecule has 0 bridgehead atoms. The van der Waals surface area contributed by atoms with E-state index in [2.05, 4.69) is 39.6 Å². The minimum Gasteiger partial charge on any atom is -0.370 e. The van der Waals surface area contributed by atoms with Crippen molar-refractivity contribution in [2.75, 3.05) is 50.9 Å². The van der Waals surface area contributed by atoms with E-state index in [1.54, 1.807) is 0 Å². The van der Waals surface area contributed by atoms with Crippen LogP contribution in [-0.4, -0.2) is 55.1 Å². The Morgan fingerprint density at radius 3 is 2.33 bits per heavy atom. The van der Waals surface area contributed by atoms with E-state index in [4.69, 9.17) is 5.73 Å². The smallest absolute Gasteiger partial charge is 0.131 e. The molecule has 1 rings (SSSR count). The highest BCUT2D eigenvalue weighted by Crippen LogP contribution is 2.10. The quantitative estimate of drug-likeness (QED) is 0.585. The molecule has 1 heterocycles. The van der Waals surface area contributed by atoms with Crippen LogP contribution in [0.3, 0.4) is 0 Å². The van der Waals surface area contributed by atoms with Gasteiger partial charge in [0.15, 0.2) is 0 Å². The number of rotatable bonds is 8. The summed E-state index contributed by atoms with van der Waals surface area (Å²) in [6, 6.07) is 1.92. The molecule has 0 saturated heterocycles. The lowest BCUT2D eigenvalue weighted by atomic mass is 10.4. The maximum Gasteiger partial charge on any atom is 0.131 e. The fraction of sp³-hybridized carbons (Fsp3) is 0.667. The fourth-order valence-corrected chi connectivity index (χ4v) is 1.56. The molecule has 0 radical (unpaired) electrons. The van der Waals surface area contributed by atoms with Crippen LogP contribution in [0.15, 0.2) is 6.07 Å². The van der Waals surface area contributed by atoms with Gasteiger partial charge in [-0.3, -0.25) is 0 Å². The number of nitrogens with one attached hydrogen (secondary N) is 2. The first-order chi connectivity index (χ1) is 8.61. The van der Waals surface area contributed by atoms with Crippen LogP contribution in [0.5, 0.6) is 0 Å². The van der Waals surface area contributed by atoms with E-state index in [-0.39, 0.29) is 0 Å². The molecule has 1 aromatic rings. The molecule has 102 valence electrons. The lowest BCUT2D eigenvalue weighted by Gasteiger charge is -2.11. The highest BCUT2D eigenvalue weighted by molar-refractivity contribution is 5.47. The van der Waals surface area contributed by atoms with Crippen molar-refractivity contribution in [2.24, 2.45) is 5.73 Å². The van der Waals surface area contributed by atoms with Gasteiger partial charge in [0.25, 0.3) is 0 Å². The summed E-state index contributed by atoms with van der Waals surface area (Å²) in [6.07, 6.45) is 1.08. The average Bonchev–Trinajstić information content (AvgIpc) is 2.31. The normalized spacial score (nSPS) is 10.7. The molecule has 0 spiro atoms. The molecule has 0 atom stereocenters. The molecule has 4 N–H and O–H groups in total. The van der Waals surface area contributed by atoms with E-state index in [0.29, 0.717) is 6.54 Å². The Morgan fingerprint density at radius 2 is 1.78 bits per heavy atom. The van der Waals surface area contributed by atoms with Crippen molar-refractivity contribution < 1.29 is 0 Å². The number of hydrogen-bond acceptors (Lipinski definition) is 6. The van der Waals surface area contributed by atoms with Crippen LogP contribution in [-0.2, 0) is 0 Å². The summed E-state index contributed by atoms with van der Waals surface area (Å²) >= 11 is 0. The second kappa shape index (κ2) is 7.84. The fourth-order valence-electron chi connectivity index (χ4n) is 1.56. The SMILES string of the molecule is Cc1nc(NCCN)cc(NCCCN(C)C)n1. The van der Waals surface area contributed by atoms with Crippen molar-refractivity contribution in [3.05, 3.63) is 11.9 Å². The van der Waals surface area contributed by atoms with E-state index in [9.17, 15) is 0 Å². The van der Waals surface area contributed by atoms with Gasteiger partial charge in [-0.05, 0) is 34.0 Å². The van der Waals surface area contributed by atoms with Crippen LogP contribution in [0.25, 0.3) is 0 Å². The Balaban J connectivity index is 2.46. The zero-order chi connectivity index (χ0) is 13.4. The Labute approximate surface area is 109 Å². The Hall–Kier alpha value is -1.40. The summed E-state index contributed by atoms with van der Waals surface area (Å²) in [7, 11) is 4.15. The van der Waals surface area contributed by atoms with Crippen LogP contribution in [0, 0.1) is 6.92 Å². The topological polar surface area (TPSA) is 79.1 Å². The predicted molar refractivity (Wildman–Crippen MR) is 76.0 cm³/mol. The van der Waals surface area contributed by atoms with E-state index in [0.717, 1.165) is 43.5 Å². The molecule has 0 fully saturated rings. The first kappa shape index (κ1) is 14.7. The molecule has 0 saturated carbocycles. The molecule has 0 unspecified atom stereocenters. The molecule has 0 aliphatic carbocycles. The largest absolute Gasteiger partial charge is 0.370 e. The zero-order valence-corrected chi connectivity index (χ0v) is 11.5. The van der Waals surface area contributed by atoms with Crippen LogP contribution >= 0.6 is 0 Å². The summed E-state index contributed by atoms with van der Waals surface area (Å²) in [6.45, 7) is 5.17. The standard InChI is InChI=1S/C12H24N6/c1-10-16-11(14-6-4-8-18(2)3)9-12(17-10)15-7-5-13/h9H,4-8,13H2,1-3H3,(H2,14,15,16,17). The number of nitrogens with two attached hydrogens (primary N) is 1. The lowest BCUT2D eigenvalue weighted by molar-refractivity contribution is 0.405. The molecule has 18 heavy (non-hydrogen) atoms. The van der Waals surface area contributed by atoms with Gasteiger partial charge < -0.3 is 21.3 Å². The maximum absolute atomic E-state index is 5.45. The third-order valence-electron chi connectivity index (χ3n) is 2.38. The summed E-state index contributed by atoms with van der Waals surface area (Å²) in [5.41, 5.74) is 5.45. The molecule has 6 nitrogen and oxygen atoms in total. The molecular formula is C12H24N6. The van der Waals surface area contributed by atoms with Crippen molar-refractivity contribution >= 4 is 11.6 Å². The van der Waals surface area contributed by atoms with Crippen molar-refractivity contribution in [2.45, 2.75) is 13.3 Å². The average molecular weight is 252 g/mol. The summed E-state index contributed by atoms with van der Waals surface area (Å²) in [5.74, 6) is 2.44. The highest BCUT2D eigenvalue weighted by atomic mass is 15.1. The summed E-state index contributed by atoms with van der Waals surface area (Å²) in [4.78, 5) is 10.8. The molecule has 0 amide bonds. The molecule has 0 aliphatic rings. The Morgan fingerprint density at radius 1 is 1.17 bits per heavy atom. The van der Waals surface area contributed by atoms with Gasteiger partial charge in [0.2, 0.25) is 0 Å². The van der Waals surface area contributed by atoms with Gasteiger partial charge in [0, 0.05) is 25.7 Å². The van der Waals surface area contributed by atoms with Crippen LogP contribution in [0.2, 0.25) is 0 Å². The van der Waals surface area contributed by atoms with Crippen molar-refractivity contribution in [1.82, 2.24) is 14.9 Å². The Kier molecular flexibility index (Phi) is 6.38. The first-order valence-electron chi connectivity index (χ1n) is 6.30. The van der Waals surface area contributed by atoms with Gasteiger partial charge in [-0.25, -0.2) is 9.97 Å². The van der Waals surface area contributed by atoms with Gasteiger partial charge in [0.05, 0.1) is 0 Å². The van der Waals surface area contributed by atoms with E-state index >= 15 is 0 Å². The molecule has 6 heteroatoms. The van der Waals surface area contributed by atoms with Gasteiger partial charge >= 0.3 is 0 Å². The van der Waals surface area contributed by atoms with Crippen molar-refractivity contribution in [1.29, 1.82) is 0 Å². The van der Waals surface area contributed by atoms with Gasteiger partial charge in [-0.1, -0.05) is 0 Å². The number of aryl methyl sites for hydroxylation is 1. The van der Waals surface area contributed by atoms with Gasteiger partial charge in [-0.2, -0.15) is 0 Å². The molecular weight excluding hydrogens is 228 g/mol. The first-order valence-corrected chi connectivity index (χ1v) is 6.30. The van der Waals surface area contributed by atoms with E-state index in [1.807, 2.05) is 13.0 Å². The third-order valence-corrected chi connectivity index (χ3v) is 2.38. The molecule has 0 aliphatic heterocycles. The van der Waals surface area contributed by atoms with E-state index in [1.165, 1.54) is 0 Å². The van der Waals surface area contributed by atoms with Crippen molar-refractivity contribution in [3.8, 4) is 0 Å². The highest BCUT2D eigenvalue weighted by Gasteiger charge is 2.01. The maximum atomic E-state index is 5.45. The second-order valence-corrected chi connectivity index (χ2v) is 4.48. The molecule has 0 aromatic carbocycles. The second-order valence-electron chi connectivity index (χ2n) is 4.48. The number of aromatic nitrogens is 2. The zero-order valence-electron chi connectivity index (χ0n) is 11.5. The third kappa shape index (κ3) is 5.79. The van der Waals surface area contributed by atoms with E-state index < -0.39 is 0 Å². The number of nitrogens with zero attached hydrogens (tertiary/aromatic N) is 3. The predicted octanol–water partition coefficient (Wildman–Crippen LogP) is 0.519. The van der Waals surface area contributed by atoms with Gasteiger partial charge in [-0.15, -0.1) is 0 Å². The van der Waals surface area contributed by atoms with Crippen LogP contribution in [0.4, 0.5) is 11.6 Å². The summed E-state index contributed by atoms with van der Waals surface area (Å²) in [5, 5.41) is 6.47. The monoisotopic (exact) mass is 252 g/mol. The number of hydrogen-bond donors (Lipinski definition) is 3. The van der Waals surface area contributed by atoms with Crippen molar-refractivity contribution in [3.63, 3.8) is 0 Å². The van der Waals surface area contributed by atoms with Gasteiger partial charge in [0.1, 0.15) is 17.5 Å².